The summed E-state index contributed by atoms with van der Waals surface area (Å²) in [6, 6.07) is 25.2. The highest BCUT2D eigenvalue weighted by Gasteiger charge is 2.43. The van der Waals surface area contributed by atoms with Crippen molar-refractivity contribution in [2.24, 2.45) is 5.16 Å². The largest absolute Gasteiger partial charge is 0.383 e. The fourth-order valence-electron chi connectivity index (χ4n) is 3.37. The zero-order chi connectivity index (χ0) is 19.6. The standard InChI is InChI=1S/C23H17Br2NO2/c24-19-10-6-16(7-11-19)21-14-23(28-26-21,18-4-2-1-3-5-18)15-22(27)17-8-12-20(25)13-9-17/h1-13H,14-15H2. The van der Waals surface area contributed by atoms with E-state index in [1.807, 2.05) is 78.9 Å². The molecule has 3 aromatic rings. The summed E-state index contributed by atoms with van der Waals surface area (Å²) in [7, 11) is 0. The number of nitrogens with zero attached hydrogens (tertiary/aromatic N) is 1. The van der Waals surface area contributed by atoms with Gasteiger partial charge < -0.3 is 4.84 Å². The molecule has 0 bridgehead atoms. The topological polar surface area (TPSA) is 38.7 Å². The Morgan fingerprint density at radius 2 is 1.50 bits per heavy atom. The van der Waals surface area contributed by atoms with Crippen LogP contribution in [-0.4, -0.2) is 11.5 Å². The van der Waals surface area contributed by atoms with Crippen LogP contribution in [0.15, 0.2) is 93.0 Å². The summed E-state index contributed by atoms with van der Waals surface area (Å²) >= 11 is 6.87. The molecule has 140 valence electrons. The van der Waals surface area contributed by atoms with Crippen molar-refractivity contribution in [3.63, 3.8) is 0 Å². The molecule has 1 unspecified atom stereocenters. The second kappa shape index (κ2) is 8.02. The van der Waals surface area contributed by atoms with Gasteiger partial charge in [-0.15, -0.1) is 0 Å². The number of halogens is 2. The van der Waals surface area contributed by atoms with Crippen LogP contribution in [0, 0.1) is 0 Å². The molecule has 1 heterocycles. The number of rotatable bonds is 5. The molecule has 0 aliphatic carbocycles. The lowest BCUT2D eigenvalue weighted by Crippen LogP contribution is -2.30. The van der Waals surface area contributed by atoms with Gasteiger partial charge in [0.1, 0.15) is 0 Å². The Balaban J connectivity index is 1.64. The molecular weight excluding hydrogens is 482 g/mol. The first-order valence-electron chi connectivity index (χ1n) is 8.91. The van der Waals surface area contributed by atoms with E-state index in [0.717, 1.165) is 25.8 Å². The van der Waals surface area contributed by atoms with Crippen LogP contribution in [0.4, 0.5) is 0 Å². The maximum atomic E-state index is 13.0. The van der Waals surface area contributed by atoms with E-state index in [0.29, 0.717) is 12.0 Å². The highest BCUT2D eigenvalue weighted by atomic mass is 79.9. The van der Waals surface area contributed by atoms with Gasteiger partial charge in [0.2, 0.25) is 0 Å². The van der Waals surface area contributed by atoms with Crippen molar-refractivity contribution in [1.82, 2.24) is 0 Å². The summed E-state index contributed by atoms with van der Waals surface area (Å²) in [6.07, 6.45) is 0.767. The maximum Gasteiger partial charge on any atom is 0.175 e. The van der Waals surface area contributed by atoms with Gasteiger partial charge in [-0.05, 0) is 35.4 Å². The van der Waals surface area contributed by atoms with E-state index in [1.165, 1.54) is 0 Å². The van der Waals surface area contributed by atoms with Crippen molar-refractivity contribution >= 4 is 43.4 Å². The molecule has 5 heteroatoms. The van der Waals surface area contributed by atoms with Crippen molar-refractivity contribution in [2.75, 3.05) is 0 Å². The molecule has 1 atom stereocenters. The molecule has 28 heavy (non-hydrogen) atoms. The number of hydrogen-bond donors (Lipinski definition) is 0. The Kier molecular flexibility index (Phi) is 5.47. The number of ketones is 1. The van der Waals surface area contributed by atoms with E-state index in [-0.39, 0.29) is 12.2 Å². The molecule has 0 saturated heterocycles. The van der Waals surface area contributed by atoms with Gasteiger partial charge in [-0.25, -0.2) is 0 Å². The fourth-order valence-corrected chi connectivity index (χ4v) is 3.89. The minimum absolute atomic E-state index is 0.0311. The Hall–Kier alpha value is -2.24. The van der Waals surface area contributed by atoms with Gasteiger partial charge in [-0.1, -0.05) is 91.6 Å². The molecule has 0 spiro atoms. The van der Waals surface area contributed by atoms with Gasteiger partial charge in [-0.3, -0.25) is 4.79 Å². The zero-order valence-corrected chi connectivity index (χ0v) is 18.1. The maximum absolute atomic E-state index is 13.0. The number of hydrogen-bond acceptors (Lipinski definition) is 3. The van der Waals surface area contributed by atoms with E-state index in [9.17, 15) is 4.79 Å². The van der Waals surface area contributed by atoms with E-state index in [4.69, 9.17) is 4.84 Å². The molecule has 3 nitrogen and oxygen atoms in total. The zero-order valence-electron chi connectivity index (χ0n) is 14.9. The Labute approximate surface area is 180 Å². The van der Waals surface area contributed by atoms with Gasteiger partial charge in [-0.2, -0.15) is 0 Å². The molecule has 4 rings (SSSR count). The summed E-state index contributed by atoms with van der Waals surface area (Å²) in [5.74, 6) is 0.0311. The normalized spacial score (nSPS) is 18.4. The lowest BCUT2D eigenvalue weighted by molar-refractivity contribution is -0.0248. The number of Topliss-reactive ketones (excluding diaryl/α,β-unsaturated/α-hetero) is 1. The second-order valence-corrected chi connectivity index (χ2v) is 8.61. The van der Waals surface area contributed by atoms with Crippen LogP contribution in [0.5, 0.6) is 0 Å². The predicted octanol–water partition coefficient (Wildman–Crippen LogP) is 6.50. The summed E-state index contributed by atoms with van der Waals surface area (Å²) in [5, 5.41) is 4.37. The molecule has 0 N–H and O–H groups in total. The van der Waals surface area contributed by atoms with Crippen LogP contribution >= 0.6 is 31.9 Å². The average Bonchev–Trinajstić information content (AvgIpc) is 3.15. The fraction of sp³-hybridized carbons (Fsp3) is 0.130. The van der Waals surface area contributed by atoms with Gasteiger partial charge in [0.25, 0.3) is 0 Å². The monoisotopic (exact) mass is 497 g/mol. The highest BCUT2D eigenvalue weighted by Crippen LogP contribution is 2.40. The third kappa shape index (κ3) is 3.96. The van der Waals surface area contributed by atoms with E-state index < -0.39 is 5.60 Å². The van der Waals surface area contributed by atoms with E-state index in [1.54, 1.807) is 0 Å². The second-order valence-electron chi connectivity index (χ2n) is 6.78. The van der Waals surface area contributed by atoms with Crippen LogP contribution in [0.2, 0.25) is 0 Å². The molecule has 1 aliphatic rings. The third-order valence-corrected chi connectivity index (χ3v) is 5.93. The average molecular weight is 499 g/mol. The van der Waals surface area contributed by atoms with Crippen LogP contribution < -0.4 is 0 Å². The van der Waals surface area contributed by atoms with Crippen LogP contribution in [-0.2, 0) is 10.4 Å². The van der Waals surface area contributed by atoms with Crippen molar-refractivity contribution in [2.45, 2.75) is 18.4 Å². The smallest absolute Gasteiger partial charge is 0.175 e. The van der Waals surface area contributed by atoms with Gasteiger partial charge in [0.05, 0.1) is 12.1 Å². The SMILES string of the molecule is O=C(CC1(c2ccccc2)CC(c2ccc(Br)cc2)=NO1)c1ccc(Br)cc1. The van der Waals surface area contributed by atoms with Crippen LogP contribution in [0.25, 0.3) is 0 Å². The highest BCUT2D eigenvalue weighted by molar-refractivity contribution is 9.10. The first kappa shape index (κ1) is 19.1. The quantitative estimate of drug-likeness (QED) is 0.376. The molecule has 0 aromatic heterocycles. The molecule has 1 aliphatic heterocycles. The summed E-state index contributed by atoms with van der Waals surface area (Å²) in [6.45, 7) is 0. The van der Waals surface area contributed by atoms with Crippen molar-refractivity contribution in [3.05, 3.63) is 104 Å². The summed E-state index contributed by atoms with van der Waals surface area (Å²) < 4.78 is 1.95. The van der Waals surface area contributed by atoms with Crippen LogP contribution in [0.3, 0.4) is 0 Å². The molecule has 0 amide bonds. The molecular formula is C23H17Br2NO2. The Bertz CT molecular complexity index is 1010. The Morgan fingerprint density at radius 3 is 2.14 bits per heavy atom. The number of carbonyl (C=O) groups excluding carboxylic acids is 1. The lowest BCUT2D eigenvalue weighted by atomic mass is 9.82. The molecule has 0 saturated carbocycles. The summed E-state index contributed by atoms with van der Waals surface area (Å²) in [4.78, 5) is 19.0. The molecule has 3 aromatic carbocycles. The predicted molar refractivity (Wildman–Crippen MR) is 118 cm³/mol. The van der Waals surface area contributed by atoms with Gasteiger partial charge in [0, 0.05) is 20.9 Å². The molecule has 0 fully saturated rings. The van der Waals surface area contributed by atoms with Crippen molar-refractivity contribution in [3.8, 4) is 0 Å². The lowest BCUT2D eigenvalue weighted by Gasteiger charge is -2.26. The minimum Gasteiger partial charge on any atom is -0.383 e. The first-order chi connectivity index (χ1) is 13.6. The van der Waals surface area contributed by atoms with Crippen LogP contribution in [0.1, 0.15) is 34.3 Å². The molecule has 0 radical (unpaired) electrons. The van der Waals surface area contributed by atoms with Crippen molar-refractivity contribution in [1.29, 1.82) is 0 Å². The minimum atomic E-state index is -0.798. The van der Waals surface area contributed by atoms with Crippen molar-refractivity contribution < 1.29 is 9.63 Å². The number of benzene rings is 3. The summed E-state index contributed by atoms with van der Waals surface area (Å²) in [5.41, 5.74) is 2.67. The Morgan fingerprint density at radius 1 is 0.893 bits per heavy atom. The van der Waals surface area contributed by atoms with E-state index >= 15 is 0 Å². The van der Waals surface area contributed by atoms with E-state index in [2.05, 4.69) is 37.0 Å². The third-order valence-electron chi connectivity index (χ3n) is 4.87. The number of oxime groups is 1. The first-order valence-corrected chi connectivity index (χ1v) is 10.5. The van der Waals surface area contributed by atoms with Gasteiger partial charge in [0.15, 0.2) is 11.4 Å². The number of carbonyl (C=O) groups is 1. The van der Waals surface area contributed by atoms with Gasteiger partial charge >= 0.3 is 0 Å².